The summed E-state index contributed by atoms with van der Waals surface area (Å²) in [5.41, 5.74) is 6.35. The van der Waals surface area contributed by atoms with Crippen molar-refractivity contribution in [3.63, 3.8) is 0 Å². The van der Waals surface area contributed by atoms with Crippen molar-refractivity contribution in [2.24, 2.45) is 0 Å². The molecule has 25 heavy (non-hydrogen) atoms. The quantitative estimate of drug-likeness (QED) is 0.739. The first-order valence-corrected chi connectivity index (χ1v) is 8.62. The lowest BCUT2D eigenvalue weighted by molar-refractivity contribution is 0.223. The maximum Gasteiger partial charge on any atom is 0.166 e. The van der Waals surface area contributed by atoms with Gasteiger partial charge in [0.05, 0.1) is 11.4 Å². The van der Waals surface area contributed by atoms with Crippen LogP contribution in [0.2, 0.25) is 0 Å². The molecule has 1 fully saturated rings. The Morgan fingerprint density at radius 1 is 1.20 bits per heavy atom. The van der Waals surface area contributed by atoms with Crippen molar-refractivity contribution in [1.82, 2.24) is 19.9 Å². The van der Waals surface area contributed by atoms with Crippen molar-refractivity contribution in [3.05, 3.63) is 42.1 Å². The normalized spacial score (nSPS) is 16.4. The Morgan fingerprint density at radius 3 is 2.80 bits per heavy atom. The smallest absolute Gasteiger partial charge is 0.166 e. The van der Waals surface area contributed by atoms with Crippen LogP contribution >= 0.6 is 0 Å². The van der Waals surface area contributed by atoms with E-state index in [4.69, 9.17) is 10.2 Å². The molecule has 0 aromatic carbocycles. The first kappa shape index (κ1) is 15.8. The van der Waals surface area contributed by atoms with Gasteiger partial charge in [-0.1, -0.05) is 0 Å². The number of nitrogens with zero attached hydrogens (tertiary/aromatic N) is 4. The minimum absolute atomic E-state index is 0.183. The van der Waals surface area contributed by atoms with Gasteiger partial charge in [0.2, 0.25) is 0 Å². The number of furan rings is 1. The number of anilines is 2. The SMILES string of the molecule is Cc1ccc([C@H](CNc2ncnc3nc(N)ccc23)N2CCCC2)o1. The molecule has 1 aliphatic rings. The van der Waals surface area contributed by atoms with Gasteiger partial charge in [0.25, 0.3) is 0 Å². The molecule has 4 rings (SSSR count). The van der Waals surface area contributed by atoms with Gasteiger partial charge < -0.3 is 15.5 Å². The summed E-state index contributed by atoms with van der Waals surface area (Å²) in [6, 6.07) is 7.95. The summed E-state index contributed by atoms with van der Waals surface area (Å²) in [4.78, 5) is 15.3. The van der Waals surface area contributed by atoms with E-state index in [1.807, 2.05) is 19.1 Å². The highest BCUT2D eigenvalue weighted by atomic mass is 16.3. The Morgan fingerprint density at radius 2 is 2.04 bits per heavy atom. The molecule has 0 amide bonds. The van der Waals surface area contributed by atoms with E-state index in [1.54, 1.807) is 6.07 Å². The number of nitrogens with one attached hydrogen (secondary N) is 1. The number of fused-ring (bicyclic) bond motifs is 1. The second kappa shape index (κ2) is 6.68. The molecule has 1 aliphatic heterocycles. The summed E-state index contributed by atoms with van der Waals surface area (Å²) in [7, 11) is 0. The molecule has 1 atom stereocenters. The molecular formula is C18H22N6O. The average molecular weight is 338 g/mol. The lowest BCUT2D eigenvalue weighted by Crippen LogP contribution is -2.31. The van der Waals surface area contributed by atoms with Crippen LogP contribution in [0.5, 0.6) is 0 Å². The molecule has 0 spiro atoms. The van der Waals surface area contributed by atoms with E-state index >= 15 is 0 Å². The van der Waals surface area contributed by atoms with Gasteiger partial charge in [0.1, 0.15) is 29.5 Å². The minimum Gasteiger partial charge on any atom is -0.465 e. The Bertz CT molecular complexity index is 871. The largest absolute Gasteiger partial charge is 0.465 e. The molecule has 3 aromatic rings. The third kappa shape index (κ3) is 3.28. The van der Waals surface area contributed by atoms with E-state index in [9.17, 15) is 0 Å². The van der Waals surface area contributed by atoms with E-state index in [1.165, 1.54) is 19.2 Å². The monoisotopic (exact) mass is 338 g/mol. The van der Waals surface area contributed by atoms with Crippen LogP contribution in [0.25, 0.3) is 11.0 Å². The van der Waals surface area contributed by atoms with E-state index in [2.05, 4.69) is 31.2 Å². The Hall–Kier alpha value is -2.67. The third-order valence-corrected chi connectivity index (χ3v) is 4.65. The number of nitrogens with two attached hydrogens (primary N) is 1. The second-order valence-corrected chi connectivity index (χ2v) is 6.42. The summed E-state index contributed by atoms with van der Waals surface area (Å²) in [5.74, 6) is 3.15. The molecule has 130 valence electrons. The fourth-order valence-corrected chi connectivity index (χ4v) is 3.39. The zero-order valence-corrected chi connectivity index (χ0v) is 14.3. The highest BCUT2D eigenvalue weighted by molar-refractivity contribution is 5.87. The molecule has 0 saturated carbocycles. The predicted molar refractivity (Wildman–Crippen MR) is 97.2 cm³/mol. The fraction of sp³-hybridized carbons (Fsp3) is 0.389. The number of likely N-dealkylation sites (tertiary alicyclic amines) is 1. The maximum absolute atomic E-state index is 5.91. The van der Waals surface area contributed by atoms with Crippen LogP contribution in [0.15, 0.2) is 35.0 Å². The topological polar surface area (TPSA) is 93.1 Å². The molecule has 1 saturated heterocycles. The summed E-state index contributed by atoms with van der Waals surface area (Å²) >= 11 is 0. The fourth-order valence-electron chi connectivity index (χ4n) is 3.39. The third-order valence-electron chi connectivity index (χ3n) is 4.65. The van der Waals surface area contributed by atoms with Gasteiger partial charge >= 0.3 is 0 Å². The first-order valence-electron chi connectivity index (χ1n) is 8.62. The van der Waals surface area contributed by atoms with Gasteiger partial charge in [0, 0.05) is 6.54 Å². The number of hydrogen-bond acceptors (Lipinski definition) is 7. The molecule has 0 aliphatic carbocycles. The van der Waals surface area contributed by atoms with Crippen LogP contribution < -0.4 is 11.1 Å². The van der Waals surface area contributed by atoms with Crippen molar-refractivity contribution < 1.29 is 4.42 Å². The molecular weight excluding hydrogens is 316 g/mol. The average Bonchev–Trinajstić information content (AvgIpc) is 3.27. The van der Waals surface area contributed by atoms with Crippen molar-refractivity contribution in [1.29, 1.82) is 0 Å². The molecule has 7 nitrogen and oxygen atoms in total. The van der Waals surface area contributed by atoms with Crippen molar-refractivity contribution in [3.8, 4) is 0 Å². The Balaban J connectivity index is 1.59. The second-order valence-electron chi connectivity index (χ2n) is 6.42. The van der Waals surface area contributed by atoms with Gasteiger partial charge in [-0.2, -0.15) is 0 Å². The summed E-state index contributed by atoms with van der Waals surface area (Å²) in [6.07, 6.45) is 3.98. The summed E-state index contributed by atoms with van der Waals surface area (Å²) in [5, 5.41) is 4.33. The summed E-state index contributed by atoms with van der Waals surface area (Å²) in [6.45, 7) is 4.87. The molecule has 3 N–H and O–H groups in total. The molecule has 0 unspecified atom stereocenters. The maximum atomic E-state index is 5.91. The van der Waals surface area contributed by atoms with Gasteiger partial charge in [-0.3, -0.25) is 4.90 Å². The molecule has 3 aromatic heterocycles. The van der Waals surface area contributed by atoms with Crippen molar-refractivity contribution >= 4 is 22.7 Å². The van der Waals surface area contributed by atoms with Gasteiger partial charge in [-0.25, -0.2) is 15.0 Å². The minimum atomic E-state index is 0.183. The van der Waals surface area contributed by atoms with E-state index < -0.39 is 0 Å². The number of nitrogen functional groups attached to an aromatic ring is 1. The Labute approximate surface area is 146 Å². The number of hydrogen-bond donors (Lipinski definition) is 2. The number of rotatable bonds is 5. The predicted octanol–water partition coefficient (Wildman–Crippen LogP) is 2.76. The van der Waals surface area contributed by atoms with Gasteiger partial charge in [0.15, 0.2) is 5.65 Å². The van der Waals surface area contributed by atoms with Crippen molar-refractivity contribution in [2.45, 2.75) is 25.8 Å². The number of pyridine rings is 1. The highest BCUT2D eigenvalue weighted by Gasteiger charge is 2.26. The van der Waals surface area contributed by atoms with Crippen molar-refractivity contribution in [2.75, 3.05) is 30.7 Å². The van der Waals surface area contributed by atoms with Crippen LogP contribution in [0.3, 0.4) is 0 Å². The van der Waals surface area contributed by atoms with E-state index in [0.29, 0.717) is 18.0 Å². The lowest BCUT2D eigenvalue weighted by Gasteiger charge is -2.26. The molecule has 7 heteroatoms. The van der Waals surface area contributed by atoms with Gasteiger partial charge in [-0.15, -0.1) is 0 Å². The molecule has 0 radical (unpaired) electrons. The lowest BCUT2D eigenvalue weighted by atomic mass is 10.2. The van der Waals surface area contributed by atoms with Crippen LogP contribution in [0, 0.1) is 6.92 Å². The molecule has 4 heterocycles. The summed E-state index contributed by atoms with van der Waals surface area (Å²) < 4.78 is 5.91. The van der Waals surface area contributed by atoms with Crippen LogP contribution in [0.4, 0.5) is 11.6 Å². The highest BCUT2D eigenvalue weighted by Crippen LogP contribution is 2.28. The van der Waals surface area contributed by atoms with Crippen LogP contribution in [-0.4, -0.2) is 39.5 Å². The van der Waals surface area contributed by atoms with E-state index in [0.717, 1.165) is 35.8 Å². The van der Waals surface area contributed by atoms with Gasteiger partial charge in [-0.05, 0) is 57.1 Å². The number of aromatic nitrogens is 3. The zero-order valence-electron chi connectivity index (χ0n) is 14.3. The number of aryl methyl sites for hydroxylation is 1. The van der Waals surface area contributed by atoms with Crippen LogP contribution in [-0.2, 0) is 0 Å². The Kier molecular flexibility index (Phi) is 4.23. The molecule has 0 bridgehead atoms. The first-order chi connectivity index (χ1) is 12.2. The van der Waals surface area contributed by atoms with E-state index in [-0.39, 0.29) is 6.04 Å². The standard InChI is InChI=1S/C18H22N6O/c1-12-4-6-15(25-12)14(24-8-2-3-9-24)10-20-17-13-5-7-16(19)23-18(13)22-11-21-17/h4-7,11,14H,2-3,8-10H2,1H3,(H3,19,20,21,22,23)/t14-/m0/s1. The zero-order chi connectivity index (χ0) is 17.2. The van der Waals surface area contributed by atoms with Crippen LogP contribution in [0.1, 0.15) is 30.4 Å².